The number of likely N-dealkylation sites (N-methyl/N-ethyl adjacent to an activating group) is 1. The van der Waals surface area contributed by atoms with Gasteiger partial charge in [0.2, 0.25) is 5.88 Å². The first kappa shape index (κ1) is 22.9. The van der Waals surface area contributed by atoms with Gasteiger partial charge in [0.25, 0.3) is 0 Å². The van der Waals surface area contributed by atoms with Crippen LogP contribution in [-0.4, -0.2) is 58.6 Å². The Kier molecular flexibility index (Phi) is 7.03. The summed E-state index contributed by atoms with van der Waals surface area (Å²) in [6, 6.07) is 6.19. The van der Waals surface area contributed by atoms with Gasteiger partial charge in [0.1, 0.15) is 18.2 Å². The van der Waals surface area contributed by atoms with E-state index in [-0.39, 0.29) is 0 Å². The van der Waals surface area contributed by atoms with E-state index < -0.39 is 0 Å². The van der Waals surface area contributed by atoms with Crippen molar-refractivity contribution in [3.63, 3.8) is 0 Å². The highest BCUT2D eigenvalue weighted by molar-refractivity contribution is 5.63. The molecule has 4 heterocycles. The smallest absolute Gasteiger partial charge is 0.215 e. The van der Waals surface area contributed by atoms with Crippen molar-refractivity contribution in [1.29, 1.82) is 0 Å². The first-order valence-corrected chi connectivity index (χ1v) is 11.5. The summed E-state index contributed by atoms with van der Waals surface area (Å²) < 4.78 is 6.02. The second-order valence-corrected chi connectivity index (χ2v) is 8.99. The molecule has 1 N–H and O–H groups in total. The number of rotatable bonds is 8. The van der Waals surface area contributed by atoms with Crippen LogP contribution in [0.25, 0.3) is 0 Å². The van der Waals surface area contributed by atoms with E-state index in [4.69, 9.17) is 9.72 Å². The van der Waals surface area contributed by atoms with Crippen molar-refractivity contribution >= 4 is 17.3 Å². The minimum absolute atomic E-state index is 0.397. The zero-order chi connectivity index (χ0) is 23.4. The molecule has 174 valence electrons. The monoisotopic (exact) mass is 447 g/mol. The lowest BCUT2D eigenvalue weighted by Gasteiger charge is -2.31. The molecule has 3 aromatic heterocycles. The van der Waals surface area contributed by atoms with E-state index in [1.54, 1.807) is 12.4 Å². The van der Waals surface area contributed by atoms with Gasteiger partial charge in [0.05, 0.1) is 17.6 Å². The van der Waals surface area contributed by atoms with Crippen LogP contribution < -0.4 is 15.0 Å². The Bertz CT molecular complexity index is 1080. The first-order chi connectivity index (χ1) is 15.9. The lowest BCUT2D eigenvalue weighted by atomic mass is 10.0. The summed E-state index contributed by atoms with van der Waals surface area (Å²) in [6.45, 7) is 9.29. The number of pyridine rings is 2. The van der Waals surface area contributed by atoms with Crippen molar-refractivity contribution in [1.82, 2.24) is 24.8 Å². The van der Waals surface area contributed by atoms with E-state index in [1.807, 2.05) is 27.2 Å². The van der Waals surface area contributed by atoms with E-state index in [0.717, 1.165) is 54.8 Å². The molecule has 0 saturated carbocycles. The van der Waals surface area contributed by atoms with Crippen molar-refractivity contribution < 1.29 is 4.74 Å². The van der Waals surface area contributed by atoms with Gasteiger partial charge in [-0.3, -0.25) is 9.97 Å². The SMILES string of the molecule is Cc1nccnc1N1CCc2c(cc(OCCN(C)C)nc2Nc2ccc(C(C)C)nc2)C1. The molecule has 0 aliphatic carbocycles. The fourth-order valence-electron chi connectivity index (χ4n) is 3.91. The van der Waals surface area contributed by atoms with Gasteiger partial charge < -0.3 is 19.9 Å². The summed E-state index contributed by atoms with van der Waals surface area (Å²) in [5.74, 6) is 2.79. The standard InChI is InChI=1S/C25H33N7O/c1-17(2)22-7-6-20(15-28-22)29-24-21-8-11-32(25-18(3)26-9-10-27-25)16-19(21)14-23(30-24)33-13-12-31(4)5/h6-7,9-10,14-15,17H,8,11-13,16H2,1-5H3,(H,29,30). The molecule has 8 nitrogen and oxygen atoms in total. The Labute approximate surface area is 196 Å². The molecule has 0 amide bonds. The third-order valence-corrected chi connectivity index (χ3v) is 5.77. The predicted octanol–water partition coefficient (Wildman–Crippen LogP) is 3.95. The van der Waals surface area contributed by atoms with E-state index >= 15 is 0 Å². The summed E-state index contributed by atoms with van der Waals surface area (Å²) in [5, 5.41) is 3.49. The normalized spacial score (nSPS) is 13.4. The average Bonchev–Trinajstić information content (AvgIpc) is 2.79. The zero-order valence-corrected chi connectivity index (χ0v) is 20.2. The molecule has 0 saturated heterocycles. The largest absolute Gasteiger partial charge is 0.476 e. The molecule has 0 atom stereocenters. The summed E-state index contributed by atoms with van der Waals surface area (Å²) in [7, 11) is 4.07. The van der Waals surface area contributed by atoms with Crippen LogP contribution in [0.1, 0.15) is 42.3 Å². The number of aromatic nitrogens is 4. The molecule has 0 bridgehead atoms. The number of fused-ring (bicyclic) bond motifs is 1. The Morgan fingerprint density at radius 2 is 1.97 bits per heavy atom. The second-order valence-electron chi connectivity index (χ2n) is 8.99. The Hall–Kier alpha value is -3.26. The fourth-order valence-corrected chi connectivity index (χ4v) is 3.91. The molecule has 0 unspecified atom stereocenters. The molecule has 3 aromatic rings. The number of aryl methyl sites for hydroxylation is 1. The molecule has 0 spiro atoms. The highest BCUT2D eigenvalue weighted by Gasteiger charge is 2.24. The van der Waals surface area contributed by atoms with Crippen LogP contribution >= 0.6 is 0 Å². The lowest BCUT2D eigenvalue weighted by molar-refractivity contribution is 0.254. The van der Waals surface area contributed by atoms with Gasteiger partial charge in [0, 0.05) is 49.4 Å². The highest BCUT2D eigenvalue weighted by Crippen LogP contribution is 2.32. The van der Waals surface area contributed by atoms with Crippen molar-refractivity contribution in [2.45, 2.75) is 39.7 Å². The van der Waals surface area contributed by atoms with E-state index in [0.29, 0.717) is 18.4 Å². The number of anilines is 3. The molecule has 0 fully saturated rings. The van der Waals surface area contributed by atoms with E-state index in [1.165, 1.54) is 11.1 Å². The summed E-state index contributed by atoms with van der Waals surface area (Å²) in [6.07, 6.45) is 6.22. The highest BCUT2D eigenvalue weighted by atomic mass is 16.5. The Balaban J connectivity index is 1.63. The van der Waals surface area contributed by atoms with Gasteiger partial charge in [-0.2, -0.15) is 4.98 Å². The van der Waals surface area contributed by atoms with Crippen LogP contribution in [0.15, 0.2) is 36.8 Å². The van der Waals surface area contributed by atoms with Gasteiger partial charge in [-0.1, -0.05) is 13.8 Å². The van der Waals surface area contributed by atoms with Crippen LogP contribution in [0, 0.1) is 6.92 Å². The zero-order valence-electron chi connectivity index (χ0n) is 20.2. The molecule has 1 aliphatic heterocycles. The molecular formula is C25H33N7O. The maximum Gasteiger partial charge on any atom is 0.215 e. The van der Waals surface area contributed by atoms with Crippen molar-refractivity contribution in [2.75, 3.05) is 44.0 Å². The molecule has 0 aromatic carbocycles. The molecular weight excluding hydrogens is 414 g/mol. The van der Waals surface area contributed by atoms with Crippen LogP contribution in [0.5, 0.6) is 5.88 Å². The lowest BCUT2D eigenvalue weighted by Crippen LogP contribution is -2.32. The molecule has 33 heavy (non-hydrogen) atoms. The molecule has 8 heteroatoms. The molecule has 1 aliphatic rings. The maximum absolute atomic E-state index is 6.02. The van der Waals surface area contributed by atoms with E-state index in [9.17, 15) is 0 Å². The van der Waals surface area contributed by atoms with Crippen LogP contribution in [-0.2, 0) is 13.0 Å². The molecule has 0 radical (unpaired) electrons. The van der Waals surface area contributed by atoms with Crippen LogP contribution in [0.2, 0.25) is 0 Å². The fraction of sp³-hybridized carbons (Fsp3) is 0.440. The summed E-state index contributed by atoms with van der Waals surface area (Å²) in [5.41, 5.74) is 5.33. The third-order valence-electron chi connectivity index (χ3n) is 5.77. The van der Waals surface area contributed by atoms with Crippen LogP contribution in [0.3, 0.4) is 0 Å². The van der Waals surface area contributed by atoms with Gasteiger partial charge in [-0.25, -0.2) is 4.98 Å². The van der Waals surface area contributed by atoms with Gasteiger partial charge in [-0.05, 0) is 51.1 Å². The van der Waals surface area contributed by atoms with Crippen molar-refractivity contribution in [2.24, 2.45) is 0 Å². The maximum atomic E-state index is 6.02. The van der Waals surface area contributed by atoms with E-state index in [2.05, 4.69) is 62.1 Å². The van der Waals surface area contributed by atoms with Crippen molar-refractivity contribution in [3.8, 4) is 5.88 Å². The summed E-state index contributed by atoms with van der Waals surface area (Å²) >= 11 is 0. The third kappa shape index (κ3) is 5.57. The number of ether oxygens (including phenoxy) is 1. The topological polar surface area (TPSA) is 79.3 Å². The van der Waals surface area contributed by atoms with Gasteiger partial charge in [-0.15, -0.1) is 0 Å². The first-order valence-electron chi connectivity index (χ1n) is 11.5. The number of hydrogen-bond donors (Lipinski definition) is 1. The van der Waals surface area contributed by atoms with Gasteiger partial charge >= 0.3 is 0 Å². The minimum Gasteiger partial charge on any atom is -0.476 e. The quantitative estimate of drug-likeness (QED) is 0.556. The second kappa shape index (κ2) is 10.1. The van der Waals surface area contributed by atoms with Crippen LogP contribution in [0.4, 0.5) is 17.3 Å². The minimum atomic E-state index is 0.397. The summed E-state index contributed by atoms with van der Waals surface area (Å²) in [4.78, 5) is 22.8. The number of nitrogens with zero attached hydrogens (tertiary/aromatic N) is 6. The number of hydrogen-bond acceptors (Lipinski definition) is 8. The number of nitrogens with one attached hydrogen (secondary N) is 1. The van der Waals surface area contributed by atoms with Gasteiger partial charge in [0.15, 0.2) is 0 Å². The predicted molar refractivity (Wildman–Crippen MR) is 131 cm³/mol. The average molecular weight is 448 g/mol. The van der Waals surface area contributed by atoms with Crippen molar-refractivity contribution in [3.05, 3.63) is 59.3 Å². The molecule has 4 rings (SSSR count). The Morgan fingerprint density at radius 1 is 1.15 bits per heavy atom. The Morgan fingerprint density at radius 3 is 2.67 bits per heavy atom.